The number of nitrogens with zero attached hydrogens (tertiary/aromatic N) is 1. The fraction of sp³-hybridized carbons (Fsp3) is 0.0455. The van der Waals surface area contributed by atoms with Crippen LogP contribution in [-0.4, -0.2) is 5.78 Å². The Balaban J connectivity index is 1.67. The van der Waals surface area contributed by atoms with E-state index in [1.165, 1.54) is 10.5 Å². The molecule has 4 heteroatoms. The summed E-state index contributed by atoms with van der Waals surface area (Å²) in [5.74, 6) is -0.0185. The van der Waals surface area contributed by atoms with Gasteiger partial charge in [0.05, 0.1) is 10.7 Å². The van der Waals surface area contributed by atoms with Crippen LogP contribution in [0.15, 0.2) is 94.9 Å². The Morgan fingerprint density at radius 1 is 0.923 bits per heavy atom. The number of hydrogen-bond donors (Lipinski definition) is 0. The van der Waals surface area contributed by atoms with Crippen LogP contribution >= 0.6 is 23.4 Å². The molecule has 1 aliphatic heterocycles. The number of carbonyl (C=O) groups is 1. The standard InChI is InChI=1S/C22H16ClNOS/c23-18-12-10-17(11-13-18)20(25)14-22-24(15-16-6-2-1-3-7-16)19-8-4-5-9-21(19)26-22/h1-14H,15H2/b22-14-. The maximum Gasteiger partial charge on any atom is 0.188 e. The SMILES string of the molecule is O=C(/C=C1\Sc2ccccc2N1Cc1ccccc1)c1ccc(Cl)cc1. The summed E-state index contributed by atoms with van der Waals surface area (Å²) in [7, 11) is 0. The van der Waals surface area contributed by atoms with Crippen molar-refractivity contribution in [1.82, 2.24) is 0 Å². The van der Waals surface area contributed by atoms with Crippen LogP contribution in [-0.2, 0) is 6.54 Å². The Kier molecular flexibility index (Phi) is 4.83. The van der Waals surface area contributed by atoms with E-state index in [0.717, 1.165) is 17.3 Å². The zero-order chi connectivity index (χ0) is 17.9. The molecule has 0 amide bonds. The summed E-state index contributed by atoms with van der Waals surface area (Å²) >= 11 is 7.55. The highest BCUT2D eigenvalue weighted by atomic mass is 35.5. The van der Waals surface area contributed by atoms with E-state index in [9.17, 15) is 4.79 Å². The smallest absolute Gasteiger partial charge is 0.188 e. The Morgan fingerprint density at radius 2 is 1.62 bits per heavy atom. The van der Waals surface area contributed by atoms with Crippen LogP contribution < -0.4 is 4.90 Å². The predicted molar refractivity (Wildman–Crippen MR) is 109 cm³/mol. The normalized spacial score (nSPS) is 14.5. The first kappa shape index (κ1) is 17.0. The molecule has 0 N–H and O–H groups in total. The maximum absolute atomic E-state index is 12.7. The molecular formula is C22H16ClNOS. The molecule has 0 bridgehead atoms. The van der Waals surface area contributed by atoms with E-state index in [4.69, 9.17) is 11.6 Å². The number of fused-ring (bicyclic) bond motifs is 1. The first-order valence-corrected chi connectivity index (χ1v) is 9.50. The largest absolute Gasteiger partial charge is 0.330 e. The quantitative estimate of drug-likeness (QED) is 0.400. The highest BCUT2D eigenvalue weighted by Crippen LogP contribution is 2.46. The predicted octanol–water partition coefficient (Wildman–Crippen LogP) is 6.18. The molecule has 0 atom stereocenters. The minimum absolute atomic E-state index is 0.0185. The van der Waals surface area contributed by atoms with E-state index in [1.54, 1.807) is 42.1 Å². The van der Waals surface area contributed by atoms with E-state index >= 15 is 0 Å². The van der Waals surface area contributed by atoms with Gasteiger partial charge >= 0.3 is 0 Å². The van der Waals surface area contributed by atoms with Gasteiger partial charge in [-0.15, -0.1) is 0 Å². The fourth-order valence-corrected chi connectivity index (χ4v) is 4.12. The number of ketones is 1. The van der Waals surface area contributed by atoms with E-state index in [1.807, 2.05) is 30.3 Å². The molecule has 2 nitrogen and oxygen atoms in total. The van der Waals surface area contributed by atoms with Crippen LogP contribution in [0, 0.1) is 0 Å². The second kappa shape index (κ2) is 7.40. The van der Waals surface area contributed by atoms with Crippen LogP contribution in [0.25, 0.3) is 0 Å². The number of para-hydroxylation sites is 1. The minimum Gasteiger partial charge on any atom is -0.330 e. The molecule has 0 aromatic heterocycles. The summed E-state index contributed by atoms with van der Waals surface area (Å²) in [5.41, 5.74) is 2.98. The van der Waals surface area contributed by atoms with Gasteiger partial charge in [0.2, 0.25) is 0 Å². The highest BCUT2D eigenvalue weighted by molar-refractivity contribution is 8.03. The average molecular weight is 378 g/mol. The zero-order valence-corrected chi connectivity index (χ0v) is 15.5. The van der Waals surface area contributed by atoms with Gasteiger partial charge in [0.15, 0.2) is 5.78 Å². The molecule has 26 heavy (non-hydrogen) atoms. The molecule has 1 heterocycles. The van der Waals surface area contributed by atoms with Crippen molar-refractivity contribution in [2.75, 3.05) is 4.90 Å². The summed E-state index contributed by atoms with van der Waals surface area (Å²) in [6, 6.07) is 25.5. The number of halogens is 1. The number of rotatable bonds is 4. The topological polar surface area (TPSA) is 20.3 Å². The van der Waals surface area contributed by atoms with Gasteiger partial charge in [0.25, 0.3) is 0 Å². The fourth-order valence-electron chi connectivity index (χ4n) is 2.90. The molecular weight excluding hydrogens is 362 g/mol. The molecule has 0 fully saturated rings. The van der Waals surface area contributed by atoms with E-state index < -0.39 is 0 Å². The second-order valence-corrected chi connectivity index (χ2v) is 7.49. The number of anilines is 1. The van der Waals surface area contributed by atoms with E-state index in [-0.39, 0.29) is 5.78 Å². The molecule has 0 radical (unpaired) electrons. The summed E-state index contributed by atoms with van der Waals surface area (Å²) < 4.78 is 0. The number of carbonyl (C=O) groups excluding carboxylic acids is 1. The number of hydrogen-bond acceptors (Lipinski definition) is 3. The summed E-state index contributed by atoms with van der Waals surface area (Å²) in [6.07, 6.45) is 1.72. The van der Waals surface area contributed by atoms with Crippen molar-refractivity contribution in [2.24, 2.45) is 0 Å². The van der Waals surface area contributed by atoms with Gasteiger partial charge in [0, 0.05) is 28.1 Å². The van der Waals surface area contributed by atoms with Gasteiger partial charge in [-0.25, -0.2) is 0 Å². The third-order valence-electron chi connectivity index (χ3n) is 4.20. The molecule has 0 saturated heterocycles. The van der Waals surface area contributed by atoms with E-state index in [0.29, 0.717) is 10.6 Å². The minimum atomic E-state index is -0.0185. The van der Waals surface area contributed by atoms with Crippen LogP contribution in [0.5, 0.6) is 0 Å². The van der Waals surface area contributed by atoms with E-state index in [2.05, 4.69) is 29.2 Å². The van der Waals surface area contributed by atoms with Crippen molar-refractivity contribution >= 4 is 34.8 Å². The van der Waals surface area contributed by atoms with Gasteiger partial charge in [0.1, 0.15) is 0 Å². The Hall–Kier alpha value is -2.49. The Bertz CT molecular complexity index is 967. The third kappa shape index (κ3) is 3.55. The Labute approximate surface area is 162 Å². The lowest BCUT2D eigenvalue weighted by Crippen LogP contribution is -2.17. The zero-order valence-electron chi connectivity index (χ0n) is 13.9. The van der Waals surface area contributed by atoms with Crippen molar-refractivity contribution in [3.8, 4) is 0 Å². The first-order valence-electron chi connectivity index (χ1n) is 8.31. The highest BCUT2D eigenvalue weighted by Gasteiger charge is 2.25. The van der Waals surface area contributed by atoms with Crippen molar-refractivity contribution < 1.29 is 4.79 Å². The molecule has 0 aliphatic carbocycles. The molecule has 0 spiro atoms. The van der Waals surface area contributed by atoms with Crippen LogP contribution in [0.2, 0.25) is 5.02 Å². The third-order valence-corrected chi connectivity index (χ3v) is 5.57. The molecule has 128 valence electrons. The van der Waals surface area contributed by atoms with Crippen molar-refractivity contribution in [3.63, 3.8) is 0 Å². The average Bonchev–Trinajstić information content (AvgIpc) is 3.00. The summed E-state index contributed by atoms with van der Waals surface area (Å²) in [4.78, 5) is 16.1. The van der Waals surface area contributed by atoms with Gasteiger partial charge in [-0.3, -0.25) is 4.79 Å². The van der Waals surface area contributed by atoms with Gasteiger partial charge in [-0.05, 0) is 42.0 Å². The summed E-state index contributed by atoms with van der Waals surface area (Å²) in [6.45, 7) is 0.727. The number of allylic oxidation sites excluding steroid dienone is 1. The summed E-state index contributed by atoms with van der Waals surface area (Å²) in [5, 5.41) is 1.57. The maximum atomic E-state index is 12.7. The molecule has 1 aliphatic rings. The molecule has 0 unspecified atom stereocenters. The van der Waals surface area contributed by atoms with Crippen LogP contribution in [0.1, 0.15) is 15.9 Å². The van der Waals surface area contributed by atoms with Crippen LogP contribution in [0.4, 0.5) is 5.69 Å². The van der Waals surface area contributed by atoms with Crippen LogP contribution in [0.3, 0.4) is 0 Å². The molecule has 0 saturated carbocycles. The molecule has 3 aromatic carbocycles. The number of thioether (sulfide) groups is 1. The van der Waals surface area contributed by atoms with Gasteiger partial charge in [-0.1, -0.05) is 65.8 Å². The second-order valence-electron chi connectivity index (χ2n) is 6.00. The lowest BCUT2D eigenvalue weighted by molar-refractivity contribution is 0.104. The first-order chi connectivity index (χ1) is 12.7. The lowest BCUT2D eigenvalue weighted by Gasteiger charge is -2.20. The lowest BCUT2D eigenvalue weighted by atomic mass is 10.1. The molecule has 3 aromatic rings. The van der Waals surface area contributed by atoms with Crippen molar-refractivity contribution in [2.45, 2.75) is 11.4 Å². The molecule has 4 rings (SSSR count). The Morgan fingerprint density at radius 3 is 2.38 bits per heavy atom. The van der Waals surface area contributed by atoms with Gasteiger partial charge < -0.3 is 4.90 Å². The van der Waals surface area contributed by atoms with Crippen molar-refractivity contribution in [3.05, 3.63) is 106 Å². The number of benzene rings is 3. The van der Waals surface area contributed by atoms with Crippen molar-refractivity contribution in [1.29, 1.82) is 0 Å². The van der Waals surface area contributed by atoms with Gasteiger partial charge in [-0.2, -0.15) is 0 Å². The monoisotopic (exact) mass is 377 g/mol.